The van der Waals surface area contributed by atoms with E-state index < -0.39 is 0 Å². The molecule has 0 aromatic rings. The molecule has 0 spiro atoms. The topological polar surface area (TPSA) is 38.8 Å². The molecule has 1 heterocycles. The van der Waals surface area contributed by atoms with Gasteiger partial charge in [-0.25, -0.2) is 0 Å². The maximum Gasteiger partial charge on any atom is 0.309 e. The van der Waals surface area contributed by atoms with Crippen LogP contribution in [0.5, 0.6) is 0 Å². The van der Waals surface area contributed by atoms with E-state index in [1.165, 1.54) is 0 Å². The van der Waals surface area contributed by atoms with Crippen LogP contribution in [0.2, 0.25) is 0 Å². The van der Waals surface area contributed by atoms with Crippen molar-refractivity contribution >= 4 is 5.97 Å². The molecule has 0 aromatic heterocycles. The van der Waals surface area contributed by atoms with E-state index in [2.05, 4.69) is 4.90 Å². The average Bonchev–Trinajstić information content (AvgIpc) is 2.19. The summed E-state index contributed by atoms with van der Waals surface area (Å²) in [4.78, 5) is 13.6. The Labute approximate surface area is 85.2 Å². The Hall–Kier alpha value is -0.610. The fourth-order valence-electron chi connectivity index (χ4n) is 1.53. The first-order valence-electron chi connectivity index (χ1n) is 5.20. The molecular formula is C10H19NO3. The SMILES string of the molecule is CCOC(=O)C(C)CN1CCOCC1. The lowest BCUT2D eigenvalue weighted by Crippen LogP contribution is -2.40. The van der Waals surface area contributed by atoms with E-state index in [1.807, 2.05) is 13.8 Å². The predicted molar refractivity (Wildman–Crippen MR) is 53.1 cm³/mol. The van der Waals surface area contributed by atoms with Gasteiger partial charge in [0.1, 0.15) is 0 Å². The largest absolute Gasteiger partial charge is 0.466 e. The summed E-state index contributed by atoms with van der Waals surface area (Å²) in [6.07, 6.45) is 0. The number of morpholine rings is 1. The Morgan fingerprint density at radius 1 is 1.50 bits per heavy atom. The Kier molecular flexibility index (Phi) is 4.90. The van der Waals surface area contributed by atoms with Crippen LogP contribution in [0.3, 0.4) is 0 Å². The van der Waals surface area contributed by atoms with Gasteiger partial charge in [-0.1, -0.05) is 6.92 Å². The van der Waals surface area contributed by atoms with Crippen LogP contribution in [0.15, 0.2) is 0 Å². The maximum atomic E-state index is 11.3. The fourth-order valence-corrected chi connectivity index (χ4v) is 1.53. The van der Waals surface area contributed by atoms with Crippen LogP contribution < -0.4 is 0 Å². The first-order chi connectivity index (χ1) is 6.74. The van der Waals surface area contributed by atoms with Gasteiger partial charge >= 0.3 is 5.97 Å². The lowest BCUT2D eigenvalue weighted by Gasteiger charge is -2.28. The van der Waals surface area contributed by atoms with Crippen molar-refractivity contribution in [1.29, 1.82) is 0 Å². The standard InChI is InChI=1S/C10H19NO3/c1-3-14-10(12)9(2)8-11-4-6-13-7-5-11/h9H,3-8H2,1-2H3. The van der Waals surface area contributed by atoms with Crippen molar-refractivity contribution in [3.63, 3.8) is 0 Å². The zero-order chi connectivity index (χ0) is 10.4. The number of rotatable bonds is 4. The molecule has 1 aliphatic rings. The van der Waals surface area contributed by atoms with Gasteiger partial charge in [-0.05, 0) is 6.92 Å². The highest BCUT2D eigenvalue weighted by Crippen LogP contribution is 2.05. The molecule has 0 aliphatic carbocycles. The number of carbonyl (C=O) groups is 1. The summed E-state index contributed by atoms with van der Waals surface area (Å²) in [5.74, 6) is -0.132. The molecule has 1 fully saturated rings. The van der Waals surface area contributed by atoms with Gasteiger partial charge in [-0.3, -0.25) is 9.69 Å². The Morgan fingerprint density at radius 2 is 2.14 bits per heavy atom. The van der Waals surface area contributed by atoms with Gasteiger partial charge in [0.25, 0.3) is 0 Å². The molecule has 0 saturated carbocycles. The molecule has 0 aromatic carbocycles. The molecule has 82 valence electrons. The molecule has 1 rings (SSSR count). The predicted octanol–water partition coefficient (Wildman–Crippen LogP) is 0.518. The average molecular weight is 201 g/mol. The molecule has 14 heavy (non-hydrogen) atoms. The fraction of sp³-hybridized carbons (Fsp3) is 0.900. The molecule has 1 saturated heterocycles. The molecule has 1 atom stereocenters. The highest BCUT2D eigenvalue weighted by Gasteiger charge is 2.19. The van der Waals surface area contributed by atoms with Gasteiger partial charge in [0.15, 0.2) is 0 Å². The van der Waals surface area contributed by atoms with Crippen LogP contribution in [-0.4, -0.2) is 50.3 Å². The summed E-state index contributed by atoms with van der Waals surface area (Å²) in [5.41, 5.74) is 0. The van der Waals surface area contributed by atoms with Crippen LogP contribution in [-0.2, 0) is 14.3 Å². The van der Waals surface area contributed by atoms with Crippen molar-refractivity contribution in [3.8, 4) is 0 Å². The van der Waals surface area contributed by atoms with Gasteiger partial charge in [0.05, 0.1) is 25.7 Å². The highest BCUT2D eigenvalue weighted by molar-refractivity contribution is 5.72. The number of ether oxygens (including phenoxy) is 2. The molecular weight excluding hydrogens is 182 g/mol. The smallest absolute Gasteiger partial charge is 0.309 e. The van der Waals surface area contributed by atoms with E-state index >= 15 is 0 Å². The van der Waals surface area contributed by atoms with E-state index in [0.29, 0.717) is 6.61 Å². The Morgan fingerprint density at radius 3 is 2.71 bits per heavy atom. The van der Waals surface area contributed by atoms with Crippen molar-refractivity contribution in [2.45, 2.75) is 13.8 Å². The molecule has 0 bridgehead atoms. The maximum absolute atomic E-state index is 11.3. The minimum absolute atomic E-state index is 0.0342. The van der Waals surface area contributed by atoms with Gasteiger partial charge in [-0.15, -0.1) is 0 Å². The van der Waals surface area contributed by atoms with E-state index in [-0.39, 0.29) is 11.9 Å². The molecule has 0 N–H and O–H groups in total. The summed E-state index contributed by atoms with van der Waals surface area (Å²) in [6, 6.07) is 0. The molecule has 0 radical (unpaired) electrons. The first kappa shape index (κ1) is 11.5. The zero-order valence-electron chi connectivity index (χ0n) is 8.99. The third-order valence-corrected chi connectivity index (χ3v) is 2.32. The number of hydrogen-bond donors (Lipinski definition) is 0. The summed E-state index contributed by atoms with van der Waals surface area (Å²) < 4.78 is 10.2. The molecule has 4 heteroatoms. The van der Waals surface area contributed by atoms with Crippen molar-refractivity contribution in [2.24, 2.45) is 5.92 Å². The third kappa shape index (κ3) is 3.64. The monoisotopic (exact) mass is 201 g/mol. The number of hydrogen-bond acceptors (Lipinski definition) is 4. The normalized spacial score (nSPS) is 20.4. The van der Waals surface area contributed by atoms with Gasteiger partial charge < -0.3 is 9.47 Å². The third-order valence-electron chi connectivity index (χ3n) is 2.32. The second kappa shape index (κ2) is 5.98. The summed E-state index contributed by atoms with van der Waals surface area (Å²) in [6.45, 7) is 8.37. The minimum Gasteiger partial charge on any atom is -0.466 e. The summed E-state index contributed by atoms with van der Waals surface area (Å²) >= 11 is 0. The molecule has 1 aliphatic heterocycles. The number of esters is 1. The van der Waals surface area contributed by atoms with Crippen LogP contribution >= 0.6 is 0 Å². The van der Waals surface area contributed by atoms with Crippen molar-refractivity contribution in [2.75, 3.05) is 39.5 Å². The summed E-state index contributed by atoms with van der Waals surface area (Å²) in [7, 11) is 0. The van der Waals surface area contributed by atoms with Gasteiger partial charge in [-0.2, -0.15) is 0 Å². The van der Waals surface area contributed by atoms with Crippen LogP contribution in [0, 0.1) is 5.92 Å². The van der Waals surface area contributed by atoms with E-state index in [4.69, 9.17) is 9.47 Å². The van der Waals surface area contributed by atoms with Crippen LogP contribution in [0.4, 0.5) is 0 Å². The van der Waals surface area contributed by atoms with E-state index in [0.717, 1.165) is 32.8 Å². The lowest BCUT2D eigenvalue weighted by molar-refractivity contribution is -0.148. The second-order valence-corrected chi connectivity index (χ2v) is 3.57. The lowest BCUT2D eigenvalue weighted by atomic mass is 10.1. The van der Waals surface area contributed by atoms with Crippen LogP contribution in [0.1, 0.15) is 13.8 Å². The quantitative estimate of drug-likeness (QED) is 0.621. The molecule has 4 nitrogen and oxygen atoms in total. The highest BCUT2D eigenvalue weighted by atomic mass is 16.5. The van der Waals surface area contributed by atoms with Crippen molar-refractivity contribution < 1.29 is 14.3 Å². The summed E-state index contributed by atoms with van der Waals surface area (Å²) in [5, 5.41) is 0. The van der Waals surface area contributed by atoms with Gasteiger partial charge in [0, 0.05) is 19.6 Å². The van der Waals surface area contributed by atoms with E-state index in [9.17, 15) is 4.79 Å². The van der Waals surface area contributed by atoms with Crippen molar-refractivity contribution in [1.82, 2.24) is 4.90 Å². The number of carbonyl (C=O) groups excluding carboxylic acids is 1. The molecule has 1 unspecified atom stereocenters. The molecule has 0 amide bonds. The van der Waals surface area contributed by atoms with Crippen LogP contribution in [0.25, 0.3) is 0 Å². The van der Waals surface area contributed by atoms with Crippen molar-refractivity contribution in [3.05, 3.63) is 0 Å². The first-order valence-corrected chi connectivity index (χ1v) is 5.20. The van der Waals surface area contributed by atoms with E-state index in [1.54, 1.807) is 0 Å². The van der Waals surface area contributed by atoms with Gasteiger partial charge in [0.2, 0.25) is 0 Å². The number of nitrogens with zero attached hydrogens (tertiary/aromatic N) is 1. The zero-order valence-corrected chi connectivity index (χ0v) is 8.99. The second-order valence-electron chi connectivity index (χ2n) is 3.57. The minimum atomic E-state index is -0.0982. The Bertz CT molecular complexity index is 178. The Balaban J connectivity index is 2.24.